The molecule has 0 unspecified atom stereocenters. The summed E-state index contributed by atoms with van der Waals surface area (Å²) in [5, 5.41) is 5.02. The molecule has 0 heterocycles. The summed E-state index contributed by atoms with van der Waals surface area (Å²) in [6.45, 7) is 3.26. The average Bonchev–Trinajstić information content (AvgIpc) is 2.70. The van der Waals surface area contributed by atoms with Gasteiger partial charge in [0.1, 0.15) is 17.9 Å². The van der Waals surface area contributed by atoms with Crippen LogP contribution in [0.3, 0.4) is 0 Å². The molecule has 0 aromatic heterocycles. The summed E-state index contributed by atoms with van der Waals surface area (Å²) in [4.78, 5) is 35.3. The van der Waals surface area contributed by atoms with Crippen LogP contribution in [-0.4, -0.2) is 31.1 Å². The van der Waals surface area contributed by atoms with Gasteiger partial charge in [-0.25, -0.2) is 9.59 Å². The molecule has 7 nitrogen and oxygen atoms in total. The van der Waals surface area contributed by atoms with Crippen LogP contribution in [0.1, 0.15) is 15.9 Å². The van der Waals surface area contributed by atoms with Gasteiger partial charge in [0.2, 0.25) is 0 Å². The zero-order valence-corrected chi connectivity index (χ0v) is 15.7. The summed E-state index contributed by atoms with van der Waals surface area (Å²) in [6.07, 6.45) is 1.46. The molecule has 2 rings (SSSR count). The lowest BCUT2D eigenvalue weighted by molar-refractivity contribution is -0.123. The van der Waals surface area contributed by atoms with E-state index in [0.717, 1.165) is 5.56 Å². The fourth-order valence-electron chi connectivity index (χ4n) is 2.08. The van der Waals surface area contributed by atoms with Crippen molar-refractivity contribution in [3.05, 3.63) is 77.3 Å². The van der Waals surface area contributed by atoms with Crippen molar-refractivity contribution in [2.75, 3.05) is 13.2 Å². The van der Waals surface area contributed by atoms with Gasteiger partial charge in [0, 0.05) is 11.6 Å². The van der Waals surface area contributed by atoms with Crippen molar-refractivity contribution in [2.24, 2.45) is 0 Å². The van der Waals surface area contributed by atoms with E-state index in [-0.39, 0.29) is 18.7 Å². The van der Waals surface area contributed by atoms with Gasteiger partial charge in [-0.1, -0.05) is 41.9 Å². The molecule has 2 aromatic rings. The molecular formula is C20H19ClN2O5. The summed E-state index contributed by atoms with van der Waals surface area (Å²) in [6, 6.07) is 12.9. The van der Waals surface area contributed by atoms with E-state index >= 15 is 0 Å². The van der Waals surface area contributed by atoms with Gasteiger partial charge in [-0.3, -0.25) is 10.1 Å². The average molecular weight is 403 g/mol. The Kier molecular flexibility index (Phi) is 8.05. The largest absolute Gasteiger partial charge is 0.488 e. The van der Waals surface area contributed by atoms with E-state index < -0.39 is 24.5 Å². The Morgan fingerprint density at radius 2 is 1.79 bits per heavy atom. The third-order valence-electron chi connectivity index (χ3n) is 3.41. The smallest absolute Gasteiger partial charge is 0.342 e. The van der Waals surface area contributed by atoms with Gasteiger partial charge in [-0.2, -0.15) is 0 Å². The zero-order valence-electron chi connectivity index (χ0n) is 14.9. The third-order valence-corrected chi connectivity index (χ3v) is 3.66. The standard InChI is InChI=1S/C20H19ClN2O5/c1-2-11-22-20(26)23-18(24)13-28-19(25)16-5-3-4-6-17(16)27-12-14-7-9-15(21)10-8-14/h2-10H,1,11-13H2,(H2,22,23,24,26). The summed E-state index contributed by atoms with van der Waals surface area (Å²) < 4.78 is 10.6. The predicted molar refractivity (Wildman–Crippen MR) is 104 cm³/mol. The monoisotopic (exact) mass is 402 g/mol. The second kappa shape index (κ2) is 10.7. The van der Waals surface area contributed by atoms with E-state index in [9.17, 15) is 14.4 Å². The van der Waals surface area contributed by atoms with Crippen LogP contribution in [0.5, 0.6) is 5.75 Å². The number of esters is 1. The molecule has 0 atom stereocenters. The number of nitrogens with one attached hydrogen (secondary N) is 2. The number of urea groups is 1. The Morgan fingerprint density at radius 1 is 1.07 bits per heavy atom. The number of hydrogen-bond donors (Lipinski definition) is 2. The molecule has 2 aromatic carbocycles. The van der Waals surface area contributed by atoms with Crippen LogP contribution >= 0.6 is 11.6 Å². The number of para-hydroxylation sites is 1. The summed E-state index contributed by atoms with van der Waals surface area (Å²) in [7, 11) is 0. The molecule has 28 heavy (non-hydrogen) atoms. The third kappa shape index (κ3) is 6.77. The van der Waals surface area contributed by atoms with Crippen LogP contribution in [0.25, 0.3) is 0 Å². The van der Waals surface area contributed by atoms with E-state index in [4.69, 9.17) is 21.1 Å². The highest BCUT2D eigenvalue weighted by Gasteiger charge is 2.16. The molecular weight excluding hydrogens is 384 g/mol. The van der Waals surface area contributed by atoms with Crippen LogP contribution < -0.4 is 15.4 Å². The minimum Gasteiger partial charge on any atom is -0.488 e. The number of carbonyl (C=O) groups is 3. The molecule has 0 aliphatic rings. The highest BCUT2D eigenvalue weighted by Crippen LogP contribution is 2.21. The Hall–Kier alpha value is -3.32. The maximum atomic E-state index is 12.3. The van der Waals surface area contributed by atoms with E-state index in [0.29, 0.717) is 10.8 Å². The highest BCUT2D eigenvalue weighted by atomic mass is 35.5. The highest BCUT2D eigenvalue weighted by molar-refractivity contribution is 6.30. The minimum atomic E-state index is -0.755. The van der Waals surface area contributed by atoms with Gasteiger partial charge < -0.3 is 14.8 Å². The van der Waals surface area contributed by atoms with Gasteiger partial charge >= 0.3 is 12.0 Å². The van der Waals surface area contributed by atoms with Crippen molar-refractivity contribution in [1.82, 2.24) is 10.6 Å². The minimum absolute atomic E-state index is 0.167. The maximum Gasteiger partial charge on any atom is 0.342 e. The fraction of sp³-hybridized carbons (Fsp3) is 0.150. The summed E-state index contributed by atoms with van der Waals surface area (Å²) in [5.74, 6) is -1.19. The number of hydrogen-bond acceptors (Lipinski definition) is 5. The van der Waals surface area contributed by atoms with Crippen molar-refractivity contribution >= 4 is 29.5 Å². The first-order valence-corrected chi connectivity index (χ1v) is 8.69. The molecule has 8 heteroatoms. The van der Waals surface area contributed by atoms with E-state index in [2.05, 4.69) is 11.9 Å². The maximum absolute atomic E-state index is 12.3. The molecule has 3 amide bonds. The van der Waals surface area contributed by atoms with Gasteiger partial charge in [-0.15, -0.1) is 6.58 Å². The molecule has 0 aliphatic carbocycles. The molecule has 0 radical (unpaired) electrons. The van der Waals surface area contributed by atoms with E-state index in [1.54, 1.807) is 30.3 Å². The van der Waals surface area contributed by atoms with Gasteiger partial charge in [-0.05, 0) is 29.8 Å². The Labute approximate surface area is 167 Å². The van der Waals surface area contributed by atoms with Crippen molar-refractivity contribution in [2.45, 2.75) is 6.61 Å². The molecule has 0 spiro atoms. The fourth-order valence-corrected chi connectivity index (χ4v) is 2.21. The number of benzene rings is 2. The molecule has 0 aliphatic heterocycles. The molecule has 0 fully saturated rings. The number of rotatable bonds is 8. The van der Waals surface area contributed by atoms with E-state index in [1.165, 1.54) is 12.1 Å². The quantitative estimate of drug-likeness (QED) is 0.522. The van der Waals surface area contributed by atoms with Crippen molar-refractivity contribution < 1.29 is 23.9 Å². The first-order valence-electron chi connectivity index (χ1n) is 8.31. The number of amides is 3. The number of imide groups is 1. The number of ether oxygens (including phenoxy) is 2. The lowest BCUT2D eigenvalue weighted by atomic mass is 10.2. The Balaban J connectivity index is 1.90. The molecule has 0 bridgehead atoms. The molecule has 0 saturated carbocycles. The number of halogens is 1. The Bertz CT molecular complexity index is 852. The van der Waals surface area contributed by atoms with Crippen LogP contribution in [0.2, 0.25) is 5.02 Å². The second-order valence-electron chi connectivity index (χ2n) is 5.53. The van der Waals surface area contributed by atoms with Gasteiger partial charge in [0.25, 0.3) is 5.91 Å². The first-order chi connectivity index (χ1) is 13.5. The van der Waals surface area contributed by atoms with Gasteiger partial charge in [0.15, 0.2) is 6.61 Å². The molecule has 146 valence electrons. The SMILES string of the molecule is C=CCNC(=O)NC(=O)COC(=O)c1ccccc1OCc1ccc(Cl)cc1. The van der Waals surface area contributed by atoms with Crippen LogP contribution in [0.4, 0.5) is 4.79 Å². The predicted octanol–water partition coefficient (Wildman–Crippen LogP) is 3.09. The van der Waals surface area contributed by atoms with Crippen molar-refractivity contribution in [3.63, 3.8) is 0 Å². The second-order valence-corrected chi connectivity index (χ2v) is 5.97. The van der Waals surface area contributed by atoms with Crippen LogP contribution in [0.15, 0.2) is 61.2 Å². The summed E-state index contributed by atoms with van der Waals surface area (Å²) >= 11 is 5.85. The van der Waals surface area contributed by atoms with Crippen LogP contribution in [0, 0.1) is 0 Å². The Morgan fingerprint density at radius 3 is 2.50 bits per heavy atom. The first kappa shape index (κ1) is 21.0. The van der Waals surface area contributed by atoms with Gasteiger partial charge in [0.05, 0.1) is 0 Å². The number of carbonyl (C=O) groups excluding carboxylic acids is 3. The normalized spacial score (nSPS) is 9.89. The van der Waals surface area contributed by atoms with E-state index in [1.807, 2.05) is 17.4 Å². The summed E-state index contributed by atoms with van der Waals surface area (Å²) in [5.41, 5.74) is 1.04. The topological polar surface area (TPSA) is 93.7 Å². The molecule has 0 saturated heterocycles. The van der Waals surface area contributed by atoms with Crippen molar-refractivity contribution in [1.29, 1.82) is 0 Å². The zero-order chi connectivity index (χ0) is 20.4. The molecule has 2 N–H and O–H groups in total. The van der Waals surface area contributed by atoms with Crippen LogP contribution in [-0.2, 0) is 16.1 Å². The lowest BCUT2D eigenvalue weighted by Crippen LogP contribution is -2.41. The lowest BCUT2D eigenvalue weighted by Gasteiger charge is -2.11. The van der Waals surface area contributed by atoms with Crippen molar-refractivity contribution in [3.8, 4) is 5.75 Å².